The van der Waals surface area contributed by atoms with Crippen molar-refractivity contribution in [2.75, 3.05) is 13.2 Å². The van der Waals surface area contributed by atoms with E-state index >= 15 is 0 Å². The van der Waals surface area contributed by atoms with Gasteiger partial charge >= 0.3 is 0 Å². The Morgan fingerprint density at radius 1 is 1.23 bits per heavy atom. The summed E-state index contributed by atoms with van der Waals surface area (Å²) < 4.78 is 5.26. The van der Waals surface area contributed by atoms with E-state index in [4.69, 9.17) is 4.74 Å². The molecule has 0 radical (unpaired) electrons. The van der Waals surface area contributed by atoms with E-state index in [9.17, 15) is 0 Å². The van der Waals surface area contributed by atoms with Gasteiger partial charge in [-0.3, -0.25) is 0 Å². The molecular weight excluding hydrogens is 160 g/mol. The van der Waals surface area contributed by atoms with Crippen LogP contribution in [0.4, 0.5) is 0 Å². The molecule has 0 aliphatic heterocycles. The summed E-state index contributed by atoms with van der Waals surface area (Å²) in [5.41, 5.74) is 3.31. The minimum Gasteiger partial charge on any atom is -0.373 e. The van der Waals surface area contributed by atoms with Crippen LogP contribution in [0.25, 0.3) is 0 Å². The summed E-state index contributed by atoms with van der Waals surface area (Å²) in [7, 11) is 0. The second-order valence-electron chi connectivity index (χ2n) is 3.99. The smallest absolute Gasteiger partial charge is 0.0725 e. The lowest BCUT2D eigenvalue weighted by molar-refractivity contribution is 0.194. The van der Waals surface area contributed by atoms with Crippen LogP contribution in [0.2, 0.25) is 0 Å². The minimum atomic E-state index is 0.208. The van der Waals surface area contributed by atoms with Crippen LogP contribution in [0, 0.1) is 5.41 Å². The molecule has 0 bridgehead atoms. The normalized spacial score (nSPS) is 11.4. The maximum atomic E-state index is 5.26. The van der Waals surface area contributed by atoms with Gasteiger partial charge in [0.05, 0.1) is 13.2 Å². The molecule has 0 saturated carbocycles. The van der Waals surface area contributed by atoms with E-state index in [2.05, 4.69) is 26.5 Å². The van der Waals surface area contributed by atoms with Crippen molar-refractivity contribution < 1.29 is 4.74 Å². The number of hydrogen-bond donors (Lipinski definition) is 0. The van der Waals surface area contributed by atoms with Crippen molar-refractivity contribution >= 4 is 0 Å². The first-order valence-electron chi connectivity index (χ1n) is 4.67. The lowest BCUT2D eigenvalue weighted by Crippen LogP contribution is -1.97. The van der Waals surface area contributed by atoms with Crippen LogP contribution in [0.3, 0.4) is 0 Å². The van der Waals surface area contributed by atoms with Gasteiger partial charge in [-0.2, -0.15) is 0 Å². The van der Waals surface area contributed by atoms with Crippen molar-refractivity contribution in [2.24, 2.45) is 5.41 Å². The number of ether oxygens (including phenoxy) is 1. The lowest BCUT2D eigenvalue weighted by atomic mass is 9.97. The average molecular weight is 180 g/mol. The zero-order valence-corrected chi connectivity index (χ0v) is 9.13. The van der Waals surface area contributed by atoms with Gasteiger partial charge in [0, 0.05) is 0 Å². The van der Waals surface area contributed by atoms with Gasteiger partial charge in [-0.25, -0.2) is 0 Å². The van der Waals surface area contributed by atoms with Gasteiger partial charge in [0.25, 0.3) is 0 Å². The van der Waals surface area contributed by atoms with Crippen LogP contribution in [-0.4, -0.2) is 13.2 Å². The van der Waals surface area contributed by atoms with Gasteiger partial charge in [-0.05, 0) is 24.5 Å². The quantitative estimate of drug-likeness (QED) is 0.366. The summed E-state index contributed by atoms with van der Waals surface area (Å²) in [4.78, 5) is 0. The third kappa shape index (κ3) is 11.2. The summed E-state index contributed by atoms with van der Waals surface area (Å²) >= 11 is 0. The van der Waals surface area contributed by atoms with E-state index in [-0.39, 0.29) is 5.41 Å². The van der Waals surface area contributed by atoms with Gasteiger partial charge in [-0.15, -0.1) is 5.73 Å². The molecule has 0 aromatic carbocycles. The maximum absolute atomic E-state index is 5.26. The third-order valence-corrected chi connectivity index (χ3v) is 1.29. The Morgan fingerprint density at radius 2 is 1.92 bits per heavy atom. The summed E-state index contributed by atoms with van der Waals surface area (Å²) in [6, 6.07) is 0. The Bertz CT molecular complexity index is 200. The molecule has 0 spiro atoms. The van der Waals surface area contributed by atoms with E-state index in [1.54, 1.807) is 0 Å². The standard InChI is InChI=1S/C12H20O/c1-5-6-10-13-11-8-7-9-12(2,3)4/h5-6,8-9H,10-11H2,1-4H3/b6-5+. The molecule has 0 aromatic rings. The van der Waals surface area contributed by atoms with Crippen molar-refractivity contribution in [1.29, 1.82) is 0 Å². The van der Waals surface area contributed by atoms with Crippen molar-refractivity contribution in [3.8, 4) is 0 Å². The second-order valence-corrected chi connectivity index (χ2v) is 3.99. The number of allylic oxidation sites excluding steroid dienone is 1. The molecule has 1 nitrogen and oxygen atoms in total. The van der Waals surface area contributed by atoms with Gasteiger partial charge in [-0.1, -0.05) is 32.9 Å². The van der Waals surface area contributed by atoms with E-state index < -0.39 is 0 Å². The molecule has 0 unspecified atom stereocenters. The maximum Gasteiger partial charge on any atom is 0.0725 e. The monoisotopic (exact) mass is 180 g/mol. The predicted octanol–water partition coefficient (Wildman–Crippen LogP) is 3.34. The SMILES string of the molecule is C/C=C/COCC=C=CC(C)(C)C. The Kier molecular flexibility index (Phi) is 6.30. The van der Waals surface area contributed by atoms with E-state index in [0.717, 1.165) is 0 Å². The van der Waals surface area contributed by atoms with Crippen LogP contribution in [0.15, 0.2) is 30.0 Å². The van der Waals surface area contributed by atoms with Crippen LogP contribution in [-0.2, 0) is 4.74 Å². The van der Waals surface area contributed by atoms with E-state index in [1.807, 2.05) is 31.2 Å². The first-order chi connectivity index (χ1) is 6.06. The van der Waals surface area contributed by atoms with Crippen LogP contribution >= 0.6 is 0 Å². The Morgan fingerprint density at radius 3 is 2.46 bits per heavy atom. The highest BCUT2D eigenvalue weighted by Gasteiger charge is 2.01. The molecule has 0 atom stereocenters. The average Bonchev–Trinajstić information content (AvgIpc) is 2.01. The molecule has 0 aromatic heterocycles. The van der Waals surface area contributed by atoms with Crippen molar-refractivity contribution in [2.45, 2.75) is 27.7 Å². The lowest BCUT2D eigenvalue weighted by Gasteiger charge is -2.08. The number of rotatable bonds is 4. The molecule has 0 heterocycles. The molecule has 0 aliphatic rings. The van der Waals surface area contributed by atoms with Gasteiger partial charge in [0.15, 0.2) is 0 Å². The van der Waals surface area contributed by atoms with Crippen LogP contribution < -0.4 is 0 Å². The van der Waals surface area contributed by atoms with Gasteiger partial charge in [0.1, 0.15) is 0 Å². The van der Waals surface area contributed by atoms with E-state index in [0.29, 0.717) is 13.2 Å². The molecule has 0 aliphatic carbocycles. The molecule has 0 rings (SSSR count). The van der Waals surface area contributed by atoms with Crippen molar-refractivity contribution in [3.05, 3.63) is 30.0 Å². The first kappa shape index (κ1) is 12.2. The summed E-state index contributed by atoms with van der Waals surface area (Å²) in [6.07, 6.45) is 7.93. The molecule has 13 heavy (non-hydrogen) atoms. The fraction of sp³-hybridized carbons (Fsp3) is 0.583. The minimum absolute atomic E-state index is 0.208. The first-order valence-corrected chi connectivity index (χ1v) is 4.67. The fourth-order valence-corrected chi connectivity index (χ4v) is 0.648. The van der Waals surface area contributed by atoms with Crippen molar-refractivity contribution in [1.82, 2.24) is 0 Å². The van der Waals surface area contributed by atoms with Crippen LogP contribution in [0.5, 0.6) is 0 Å². The molecule has 0 fully saturated rings. The molecule has 0 amide bonds. The Balaban J connectivity index is 3.58. The largest absolute Gasteiger partial charge is 0.373 e. The Labute approximate surface area is 81.8 Å². The third-order valence-electron chi connectivity index (χ3n) is 1.29. The Hall–Kier alpha value is -0.780. The molecular formula is C12H20O. The summed E-state index contributed by atoms with van der Waals surface area (Å²) in [6.45, 7) is 9.75. The molecule has 0 saturated heterocycles. The van der Waals surface area contributed by atoms with E-state index in [1.165, 1.54) is 0 Å². The van der Waals surface area contributed by atoms with Gasteiger partial charge in [0.2, 0.25) is 0 Å². The highest BCUT2D eigenvalue weighted by atomic mass is 16.5. The highest BCUT2D eigenvalue weighted by Crippen LogP contribution is 2.12. The molecule has 74 valence electrons. The molecule has 1 heteroatoms. The fourth-order valence-electron chi connectivity index (χ4n) is 0.648. The zero-order chi connectivity index (χ0) is 10.2. The van der Waals surface area contributed by atoms with Crippen molar-refractivity contribution in [3.63, 3.8) is 0 Å². The summed E-state index contributed by atoms with van der Waals surface area (Å²) in [5, 5.41) is 0. The van der Waals surface area contributed by atoms with Crippen LogP contribution in [0.1, 0.15) is 27.7 Å². The second kappa shape index (κ2) is 6.71. The summed E-state index contributed by atoms with van der Waals surface area (Å²) in [5.74, 6) is 0. The zero-order valence-electron chi connectivity index (χ0n) is 9.13. The predicted molar refractivity (Wildman–Crippen MR) is 57.7 cm³/mol. The van der Waals surface area contributed by atoms with Gasteiger partial charge < -0.3 is 4.74 Å². The topological polar surface area (TPSA) is 9.23 Å². The number of hydrogen-bond acceptors (Lipinski definition) is 1. The molecule has 0 N–H and O–H groups in total. The highest BCUT2D eigenvalue weighted by molar-refractivity contribution is 4.93.